The first-order valence-electron chi connectivity index (χ1n) is 3.07. The van der Waals surface area contributed by atoms with Crippen molar-refractivity contribution in [3.05, 3.63) is 0 Å². The fourth-order valence-electron chi connectivity index (χ4n) is 0.492. The molecule has 0 aliphatic carbocycles. The Hall–Kier alpha value is -1.04. The molecule has 0 amide bonds. The molecule has 0 radical (unpaired) electrons. The van der Waals surface area contributed by atoms with Crippen molar-refractivity contribution < 1.29 is 29.0 Å². The molecule has 0 unspecified atom stereocenters. The van der Waals surface area contributed by atoms with Crippen molar-refractivity contribution in [1.82, 2.24) is 0 Å². The lowest BCUT2D eigenvalue weighted by atomic mass is 10.3. The van der Waals surface area contributed by atoms with Crippen LogP contribution in [0, 0.1) is 0 Å². The van der Waals surface area contributed by atoms with Crippen molar-refractivity contribution in [3.8, 4) is 0 Å². The smallest absolute Gasteiger partial charge is 0.357 e. The lowest BCUT2D eigenvalue weighted by Crippen LogP contribution is -2.21. The molecule has 0 aliphatic heterocycles. The molecular formula is C5H8NO6P. The predicted octanol–water partition coefficient (Wildman–Crippen LogP) is -0.764. The number of ketones is 1. The number of carboxylic acids is 1. The minimum atomic E-state index is -4.40. The summed E-state index contributed by atoms with van der Waals surface area (Å²) in [4.78, 5) is 40.4. The highest BCUT2D eigenvalue weighted by Crippen LogP contribution is 2.33. The maximum Gasteiger partial charge on any atom is 0.357 e. The number of aliphatic carboxylic acids is 1. The van der Waals surface area contributed by atoms with Crippen LogP contribution in [0.4, 0.5) is 0 Å². The molecule has 0 heterocycles. The first kappa shape index (κ1) is 12.0. The van der Waals surface area contributed by atoms with Gasteiger partial charge in [-0.1, -0.05) is 0 Å². The number of carbonyl (C=O) groups excluding carboxylic acids is 1. The molecule has 0 saturated heterocycles. The average molecular weight is 209 g/mol. The maximum absolute atomic E-state index is 10.5. The number of carbonyl (C=O) groups is 2. The molecule has 0 atom stereocenters. The van der Waals surface area contributed by atoms with Gasteiger partial charge in [-0.3, -0.25) is 14.4 Å². The van der Waals surface area contributed by atoms with Crippen molar-refractivity contribution in [2.24, 2.45) is 4.99 Å². The Morgan fingerprint density at radius 2 is 1.85 bits per heavy atom. The van der Waals surface area contributed by atoms with Crippen LogP contribution in [0.15, 0.2) is 4.99 Å². The van der Waals surface area contributed by atoms with Crippen LogP contribution in [-0.2, 0) is 14.2 Å². The van der Waals surface area contributed by atoms with Gasteiger partial charge >= 0.3 is 13.6 Å². The van der Waals surface area contributed by atoms with Crippen molar-refractivity contribution in [3.63, 3.8) is 0 Å². The van der Waals surface area contributed by atoms with E-state index in [4.69, 9.17) is 14.9 Å². The molecule has 8 heteroatoms. The third-order valence-corrected chi connectivity index (χ3v) is 1.46. The molecular weight excluding hydrogens is 201 g/mol. The first-order valence-corrected chi connectivity index (χ1v) is 4.87. The molecule has 0 aromatic heterocycles. The minimum Gasteiger partial charge on any atom is -0.476 e. The van der Waals surface area contributed by atoms with E-state index in [1.54, 1.807) is 0 Å². The summed E-state index contributed by atoms with van der Waals surface area (Å²) in [7, 11) is -4.40. The monoisotopic (exact) mass is 209 g/mol. The lowest BCUT2D eigenvalue weighted by molar-refractivity contribution is -0.130. The Morgan fingerprint density at radius 1 is 1.38 bits per heavy atom. The predicted molar refractivity (Wildman–Crippen MR) is 42.7 cm³/mol. The summed E-state index contributed by atoms with van der Waals surface area (Å²) < 4.78 is 10.3. The zero-order valence-corrected chi connectivity index (χ0v) is 7.56. The van der Waals surface area contributed by atoms with Crippen LogP contribution < -0.4 is 0 Å². The summed E-state index contributed by atoms with van der Waals surface area (Å²) in [5, 5.41) is 8.34. The van der Waals surface area contributed by atoms with Gasteiger partial charge in [-0.2, -0.15) is 0 Å². The Balaban J connectivity index is 4.67. The average Bonchev–Trinajstić information content (AvgIpc) is 1.82. The third kappa shape index (κ3) is 5.24. The summed E-state index contributed by atoms with van der Waals surface area (Å²) in [6.45, 7) is 0.951. The van der Waals surface area contributed by atoms with Gasteiger partial charge in [0.15, 0.2) is 11.5 Å². The van der Waals surface area contributed by atoms with E-state index >= 15 is 0 Å². The Bertz CT molecular complexity index is 286. The van der Waals surface area contributed by atoms with Gasteiger partial charge in [-0.05, 0) is 0 Å². The fourth-order valence-corrected chi connectivity index (χ4v) is 0.818. The van der Waals surface area contributed by atoms with E-state index in [9.17, 15) is 14.2 Å². The highest BCUT2D eigenvalue weighted by Gasteiger charge is 2.18. The number of carboxylic acid groups (broad SMARTS) is 1. The fraction of sp³-hybridized carbons (Fsp3) is 0.400. The molecule has 3 N–H and O–H groups in total. The molecule has 0 aliphatic rings. The molecule has 7 nitrogen and oxygen atoms in total. The molecule has 0 aromatic carbocycles. The van der Waals surface area contributed by atoms with Crippen LogP contribution in [0.25, 0.3) is 0 Å². The zero-order valence-electron chi connectivity index (χ0n) is 6.67. The summed E-state index contributed by atoms with van der Waals surface area (Å²) in [5.74, 6) is -2.44. The van der Waals surface area contributed by atoms with Crippen molar-refractivity contribution >= 4 is 25.1 Å². The van der Waals surface area contributed by atoms with Crippen LogP contribution >= 0.6 is 7.60 Å². The Morgan fingerprint density at radius 3 is 2.08 bits per heavy atom. The maximum atomic E-state index is 10.5. The molecule has 13 heavy (non-hydrogen) atoms. The van der Waals surface area contributed by atoms with Crippen molar-refractivity contribution in [2.75, 3.05) is 6.29 Å². The number of aliphatic imine (C=N–C) groups is 1. The van der Waals surface area contributed by atoms with Crippen LogP contribution in [-0.4, -0.2) is 38.6 Å². The molecule has 0 saturated carbocycles. The van der Waals surface area contributed by atoms with E-state index in [1.807, 2.05) is 0 Å². The summed E-state index contributed by atoms with van der Waals surface area (Å²) >= 11 is 0. The summed E-state index contributed by atoms with van der Waals surface area (Å²) in [5.41, 5.74) is -0.858. The van der Waals surface area contributed by atoms with Crippen molar-refractivity contribution in [2.45, 2.75) is 6.92 Å². The normalized spacial score (nSPS) is 12.7. The molecule has 0 spiro atoms. The number of hydrogen-bond donors (Lipinski definition) is 3. The molecule has 0 fully saturated rings. The SMILES string of the molecule is CC(=O)/C(=N\CP(=O)(O)O)C(=O)O. The van der Waals surface area contributed by atoms with E-state index in [0.717, 1.165) is 6.92 Å². The van der Waals surface area contributed by atoms with Crippen LogP contribution in [0.1, 0.15) is 6.92 Å². The first-order chi connectivity index (χ1) is 5.74. The molecule has 74 valence electrons. The van der Waals surface area contributed by atoms with Gasteiger partial charge < -0.3 is 14.9 Å². The largest absolute Gasteiger partial charge is 0.476 e. The highest BCUT2D eigenvalue weighted by molar-refractivity contribution is 7.51. The van der Waals surface area contributed by atoms with E-state index < -0.39 is 31.3 Å². The summed E-state index contributed by atoms with van der Waals surface area (Å²) in [6, 6.07) is 0. The van der Waals surface area contributed by atoms with Gasteiger partial charge in [-0.15, -0.1) is 0 Å². The topological polar surface area (TPSA) is 124 Å². The minimum absolute atomic E-state index is 0.846. The van der Waals surface area contributed by atoms with Crippen LogP contribution in [0.3, 0.4) is 0 Å². The third-order valence-electron chi connectivity index (χ3n) is 0.949. The number of Topliss-reactive ketones (excluding diaryl/α,β-unsaturated/α-hetero) is 1. The molecule has 0 rings (SSSR count). The van der Waals surface area contributed by atoms with Gasteiger partial charge in [0.05, 0.1) is 0 Å². The number of rotatable bonds is 4. The van der Waals surface area contributed by atoms with E-state index in [0.29, 0.717) is 0 Å². The van der Waals surface area contributed by atoms with Crippen LogP contribution in [0.2, 0.25) is 0 Å². The Labute approximate surface area is 73.3 Å². The van der Waals surface area contributed by atoms with E-state index in [1.165, 1.54) is 0 Å². The second-order valence-electron chi connectivity index (χ2n) is 2.17. The van der Waals surface area contributed by atoms with Gasteiger partial charge in [0, 0.05) is 6.92 Å². The molecule has 0 aromatic rings. The van der Waals surface area contributed by atoms with Gasteiger partial charge in [0.1, 0.15) is 6.29 Å². The second kappa shape index (κ2) is 4.27. The second-order valence-corrected chi connectivity index (χ2v) is 3.79. The van der Waals surface area contributed by atoms with Gasteiger partial charge in [0.2, 0.25) is 0 Å². The summed E-state index contributed by atoms with van der Waals surface area (Å²) in [6.07, 6.45) is -0.992. The zero-order chi connectivity index (χ0) is 10.6. The highest BCUT2D eigenvalue weighted by atomic mass is 31.2. The number of nitrogens with zero attached hydrogens (tertiary/aromatic N) is 1. The van der Waals surface area contributed by atoms with E-state index in [-0.39, 0.29) is 0 Å². The number of hydrogen-bond acceptors (Lipinski definition) is 4. The van der Waals surface area contributed by atoms with Gasteiger partial charge in [-0.25, -0.2) is 4.79 Å². The van der Waals surface area contributed by atoms with E-state index in [2.05, 4.69) is 4.99 Å². The molecule has 0 bridgehead atoms. The van der Waals surface area contributed by atoms with Gasteiger partial charge in [0.25, 0.3) is 0 Å². The standard InChI is InChI=1S/C5H8NO6P/c1-3(7)4(5(8)9)6-2-13(10,11)12/h2H2,1H3,(H,8,9)(H2,10,11,12)/b6-4+. The quantitative estimate of drug-likeness (QED) is 0.317. The lowest BCUT2D eigenvalue weighted by Gasteiger charge is -1.99. The van der Waals surface area contributed by atoms with Crippen LogP contribution in [0.5, 0.6) is 0 Å². The van der Waals surface area contributed by atoms with Crippen molar-refractivity contribution in [1.29, 1.82) is 0 Å². The Kier molecular flexibility index (Phi) is 3.93.